The van der Waals surface area contributed by atoms with E-state index in [4.69, 9.17) is 9.47 Å². The van der Waals surface area contributed by atoms with Crippen molar-refractivity contribution in [3.63, 3.8) is 0 Å². The van der Waals surface area contributed by atoms with E-state index in [2.05, 4.69) is 17.5 Å². The van der Waals surface area contributed by atoms with Crippen molar-refractivity contribution in [3.05, 3.63) is 36.4 Å². The van der Waals surface area contributed by atoms with Gasteiger partial charge in [-0.15, -0.1) is 0 Å². The Morgan fingerprint density at radius 1 is 1.36 bits per heavy atom. The molecular formula is C17H21NO4. The van der Waals surface area contributed by atoms with Crippen LogP contribution in [-0.4, -0.2) is 25.1 Å². The molecule has 1 aromatic carbocycles. The van der Waals surface area contributed by atoms with E-state index in [-0.39, 0.29) is 12.5 Å². The van der Waals surface area contributed by atoms with Crippen LogP contribution in [0.2, 0.25) is 0 Å². The standard InChI is InChI=1S/C17H21NO4/c1-2-21-17(20)12-22-15-9-5-8-14(11-15)18-16(19)10-13-6-3-4-7-13/h3,5-6,8-9,11,13H,2,4,7,10,12H2,1H3,(H,18,19)/t13-/m1/s1. The molecule has 1 aliphatic rings. The summed E-state index contributed by atoms with van der Waals surface area (Å²) < 4.78 is 10.1. The maximum atomic E-state index is 12.0. The average molecular weight is 303 g/mol. The zero-order chi connectivity index (χ0) is 15.8. The van der Waals surface area contributed by atoms with Crippen LogP contribution >= 0.6 is 0 Å². The van der Waals surface area contributed by atoms with E-state index in [0.29, 0.717) is 30.4 Å². The fourth-order valence-corrected chi connectivity index (χ4v) is 2.32. The molecule has 0 aliphatic heterocycles. The number of benzene rings is 1. The van der Waals surface area contributed by atoms with Gasteiger partial charge in [-0.2, -0.15) is 0 Å². The van der Waals surface area contributed by atoms with Gasteiger partial charge in [0.25, 0.3) is 0 Å². The van der Waals surface area contributed by atoms with Crippen LogP contribution in [0.4, 0.5) is 5.69 Å². The Balaban J connectivity index is 1.83. The Bertz CT molecular complexity index is 553. The minimum atomic E-state index is -0.412. The number of allylic oxidation sites excluding steroid dienone is 2. The van der Waals surface area contributed by atoms with Gasteiger partial charge in [0.15, 0.2) is 6.61 Å². The Hall–Kier alpha value is -2.30. The molecule has 1 N–H and O–H groups in total. The lowest BCUT2D eigenvalue weighted by atomic mass is 10.1. The van der Waals surface area contributed by atoms with Crippen LogP contribution in [0.3, 0.4) is 0 Å². The molecule has 0 saturated heterocycles. The van der Waals surface area contributed by atoms with E-state index in [1.165, 1.54) is 0 Å². The second kappa shape index (κ2) is 8.22. The zero-order valence-corrected chi connectivity index (χ0v) is 12.7. The highest BCUT2D eigenvalue weighted by Crippen LogP contribution is 2.22. The van der Waals surface area contributed by atoms with Gasteiger partial charge in [-0.3, -0.25) is 4.79 Å². The van der Waals surface area contributed by atoms with Crippen LogP contribution in [0, 0.1) is 5.92 Å². The molecule has 5 heteroatoms. The molecule has 1 aliphatic carbocycles. The van der Waals surface area contributed by atoms with Crippen LogP contribution in [0.5, 0.6) is 5.75 Å². The van der Waals surface area contributed by atoms with E-state index >= 15 is 0 Å². The number of ether oxygens (including phenoxy) is 2. The minimum Gasteiger partial charge on any atom is -0.482 e. The third-order valence-corrected chi connectivity index (χ3v) is 3.34. The first-order valence-corrected chi connectivity index (χ1v) is 7.52. The summed E-state index contributed by atoms with van der Waals surface area (Å²) in [6.07, 6.45) is 6.79. The molecule has 1 aromatic rings. The molecule has 22 heavy (non-hydrogen) atoms. The van der Waals surface area contributed by atoms with Crippen LogP contribution in [0.15, 0.2) is 36.4 Å². The van der Waals surface area contributed by atoms with E-state index in [1.54, 1.807) is 31.2 Å². The lowest BCUT2D eigenvalue weighted by molar-refractivity contribution is -0.145. The van der Waals surface area contributed by atoms with E-state index in [1.807, 2.05) is 0 Å². The summed E-state index contributed by atoms with van der Waals surface area (Å²) in [6.45, 7) is 1.93. The largest absolute Gasteiger partial charge is 0.482 e. The number of carbonyl (C=O) groups excluding carboxylic acids is 2. The number of hydrogen-bond acceptors (Lipinski definition) is 4. The summed E-state index contributed by atoms with van der Waals surface area (Å²) in [5.74, 6) is 0.430. The molecule has 0 bridgehead atoms. The van der Waals surface area contributed by atoms with E-state index in [9.17, 15) is 9.59 Å². The van der Waals surface area contributed by atoms with Gasteiger partial charge in [-0.05, 0) is 37.8 Å². The number of nitrogens with one attached hydrogen (secondary N) is 1. The van der Waals surface area contributed by atoms with Crippen LogP contribution in [-0.2, 0) is 14.3 Å². The minimum absolute atomic E-state index is 0.0147. The smallest absolute Gasteiger partial charge is 0.344 e. The molecule has 0 aromatic heterocycles. The second-order valence-electron chi connectivity index (χ2n) is 5.14. The van der Waals surface area contributed by atoms with E-state index < -0.39 is 5.97 Å². The monoisotopic (exact) mass is 303 g/mol. The molecule has 1 amide bonds. The summed E-state index contributed by atoms with van der Waals surface area (Å²) in [6, 6.07) is 6.99. The zero-order valence-electron chi connectivity index (χ0n) is 12.7. The lowest BCUT2D eigenvalue weighted by Gasteiger charge is -2.10. The molecule has 0 unspecified atom stereocenters. The molecule has 1 atom stereocenters. The van der Waals surface area contributed by atoms with Crippen molar-refractivity contribution in [2.75, 3.05) is 18.5 Å². The lowest BCUT2D eigenvalue weighted by Crippen LogP contribution is -2.16. The van der Waals surface area contributed by atoms with Gasteiger partial charge < -0.3 is 14.8 Å². The van der Waals surface area contributed by atoms with Gasteiger partial charge in [0, 0.05) is 18.2 Å². The molecule has 0 saturated carbocycles. The molecule has 0 radical (unpaired) electrons. The van der Waals surface area contributed by atoms with Crippen LogP contribution < -0.4 is 10.1 Å². The van der Waals surface area contributed by atoms with Gasteiger partial charge >= 0.3 is 5.97 Å². The molecule has 0 fully saturated rings. The molecule has 0 heterocycles. The maximum absolute atomic E-state index is 12.0. The van der Waals surface area contributed by atoms with Gasteiger partial charge in [-0.1, -0.05) is 18.2 Å². The first-order chi connectivity index (χ1) is 10.7. The molecule has 0 spiro atoms. The maximum Gasteiger partial charge on any atom is 0.344 e. The quantitative estimate of drug-likeness (QED) is 0.621. The Labute approximate surface area is 130 Å². The third-order valence-electron chi connectivity index (χ3n) is 3.34. The fourth-order valence-electron chi connectivity index (χ4n) is 2.32. The number of hydrogen-bond donors (Lipinski definition) is 1. The van der Waals surface area contributed by atoms with Gasteiger partial charge in [-0.25, -0.2) is 4.79 Å². The number of carbonyl (C=O) groups is 2. The Morgan fingerprint density at radius 3 is 2.95 bits per heavy atom. The number of rotatable bonds is 7. The predicted octanol–water partition coefficient (Wildman–Crippen LogP) is 2.92. The van der Waals surface area contributed by atoms with Crippen molar-refractivity contribution in [2.24, 2.45) is 5.92 Å². The summed E-state index contributed by atoms with van der Waals surface area (Å²) in [7, 11) is 0. The second-order valence-corrected chi connectivity index (χ2v) is 5.14. The Kier molecular flexibility index (Phi) is 6.01. The van der Waals surface area contributed by atoms with Crippen molar-refractivity contribution in [2.45, 2.75) is 26.2 Å². The highest BCUT2D eigenvalue weighted by molar-refractivity contribution is 5.91. The molecule has 2 rings (SSSR count). The van der Waals surface area contributed by atoms with Gasteiger partial charge in [0.2, 0.25) is 5.91 Å². The predicted molar refractivity (Wildman–Crippen MR) is 83.7 cm³/mol. The summed E-state index contributed by atoms with van der Waals surface area (Å²) in [4.78, 5) is 23.2. The SMILES string of the molecule is CCOC(=O)COc1cccc(NC(=O)C[C@@H]2C=CCC2)c1. The number of anilines is 1. The molecule has 5 nitrogen and oxygen atoms in total. The summed E-state index contributed by atoms with van der Waals surface area (Å²) in [5, 5.41) is 2.85. The highest BCUT2D eigenvalue weighted by atomic mass is 16.6. The summed E-state index contributed by atoms with van der Waals surface area (Å²) in [5.41, 5.74) is 0.660. The van der Waals surface area contributed by atoms with Gasteiger partial charge in [0.1, 0.15) is 5.75 Å². The molecular weight excluding hydrogens is 282 g/mol. The highest BCUT2D eigenvalue weighted by Gasteiger charge is 2.14. The van der Waals surface area contributed by atoms with E-state index in [0.717, 1.165) is 12.8 Å². The van der Waals surface area contributed by atoms with Crippen molar-refractivity contribution < 1.29 is 19.1 Å². The number of esters is 1. The van der Waals surface area contributed by atoms with Crippen LogP contribution in [0.25, 0.3) is 0 Å². The molecule has 118 valence electrons. The van der Waals surface area contributed by atoms with Crippen molar-refractivity contribution >= 4 is 17.6 Å². The summed E-state index contributed by atoms with van der Waals surface area (Å²) >= 11 is 0. The van der Waals surface area contributed by atoms with Gasteiger partial charge in [0.05, 0.1) is 6.61 Å². The van der Waals surface area contributed by atoms with Crippen molar-refractivity contribution in [3.8, 4) is 5.75 Å². The first kappa shape index (κ1) is 16.1. The topological polar surface area (TPSA) is 64.6 Å². The fraction of sp³-hybridized carbons (Fsp3) is 0.412. The normalized spacial score (nSPS) is 16.3. The Morgan fingerprint density at radius 2 is 2.23 bits per heavy atom. The number of amides is 1. The average Bonchev–Trinajstić information content (AvgIpc) is 2.98. The first-order valence-electron chi connectivity index (χ1n) is 7.52. The van der Waals surface area contributed by atoms with Crippen LogP contribution in [0.1, 0.15) is 26.2 Å². The van der Waals surface area contributed by atoms with Crippen molar-refractivity contribution in [1.29, 1.82) is 0 Å². The van der Waals surface area contributed by atoms with Crippen molar-refractivity contribution in [1.82, 2.24) is 0 Å². The third kappa shape index (κ3) is 5.24.